The summed E-state index contributed by atoms with van der Waals surface area (Å²) in [6.45, 7) is 4.13. The van der Waals surface area contributed by atoms with Crippen molar-refractivity contribution in [3.05, 3.63) is 34.9 Å². The van der Waals surface area contributed by atoms with E-state index in [1.54, 1.807) is 0 Å². The Hall–Kier alpha value is -0.800. The van der Waals surface area contributed by atoms with Crippen LogP contribution < -0.4 is 4.90 Å². The van der Waals surface area contributed by atoms with Gasteiger partial charge in [0.05, 0.1) is 5.38 Å². The molecule has 3 rings (SSSR count). The SMILES string of the molecule is CC1CCN(c2nccc3c(Br)cccc23)CC1Cl. The minimum Gasteiger partial charge on any atom is -0.355 e. The van der Waals surface area contributed by atoms with E-state index in [0.717, 1.165) is 29.8 Å². The lowest BCUT2D eigenvalue weighted by molar-refractivity contribution is 0.444. The van der Waals surface area contributed by atoms with Crippen LogP contribution in [0.5, 0.6) is 0 Å². The van der Waals surface area contributed by atoms with Crippen LogP contribution in [0.1, 0.15) is 13.3 Å². The zero-order valence-electron chi connectivity index (χ0n) is 10.8. The number of halogens is 2. The average molecular weight is 340 g/mol. The van der Waals surface area contributed by atoms with Crippen LogP contribution in [0.15, 0.2) is 34.9 Å². The van der Waals surface area contributed by atoms with E-state index in [4.69, 9.17) is 11.6 Å². The largest absolute Gasteiger partial charge is 0.355 e. The van der Waals surface area contributed by atoms with E-state index in [-0.39, 0.29) is 5.38 Å². The topological polar surface area (TPSA) is 16.1 Å². The molecule has 19 heavy (non-hydrogen) atoms. The van der Waals surface area contributed by atoms with E-state index in [1.165, 1.54) is 10.8 Å². The van der Waals surface area contributed by atoms with Gasteiger partial charge in [0.2, 0.25) is 0 Å². The summed E-state index contributed by atoms with van der Waals surface area (Å²) in [5, 5.41) is 2.60. The van der Waals surface area contributed by atoms with Crippen LogP contribution in [0.3, 0.4) is 0 Å². The minimum absolute atomic E-state index is 0.206. The van der Waals surface area contributed by atoms with Gasteiger partial charge < -0.3 is 4.90 Å². The number of rotatable bonds is 1. The first kappa shape index (κ1) is 13.2. The van der Waals surface area contributed by atoms with E-state index >= 15 is 0 Å². The number of aromatic nitrogens is 1. The molecule has 0 N–H and O–H groups in total. The second-order valence-electron chi connectivity index (χ2n) is 5.20. The molecule has 1 saturated heterocycles. The van der Waals surface area contributed by atoms with Crippen LogP contribution >= 0.6 is 27.5 Å². The van der Waals surface area contributed by atoms with Gasteiger partial charge in [-0.25, -0.2) is 4.98 Å². The fourth-order valence-corrected chi connectivity index (χ4v) is 3.41. The zero-order chi connectivity index (χ0) is 13.4. The maximum absolute atomic E-state index is 6.42. The third-order valence-corrected chi connectivity index (χ3v) is 5.16. The second-order valence-corrected chi connectivity index (χ2v) is 6.61. The van der Waals surface area contributed by atoms with E-state index in [1.807, 2.05) is 12.3 Å². The highest BCUT2D eigenvalue weighted by atomic mass is 79.9. The molecule has 0 aliphatic carbocycles. The summed E-state index contributed by atoms with van der Waals surface area (Å²) in [4.78, 5) is 6.89. The number of benzene rings is 1. The van der Waals surface area contributed by atoms with Crippen LogP contribution in [0.2, 0.25) is 0 Å². The number of hydrogen-bond acceptors (Lipinski definition) is 2. The molecule has 0 bridgehead atoms. The van der Waals surface area contributed by atoms with Crippen molar-refractivity contribution in [1.82, 2.24) is 4.98 Å². The van der Waals surface area contributed by atoms with Crippen molar-refractivity contribution in [2.24, 2.45) is 5.92 Å². The van der Waals surface area contributed by atoms with Gasteiger partial charge in [0.25, 0.3) is 0 Å². The summed E-state index contributed by atoms with van der Waals surface area (Å²) in [7, 11) is 0. The first-order valence-electron chi connectivity index (χ1n) is 6.59. The Balaban J connectivity index is 2.04. The Labute approximate surface area is 126 Å². The van der Waals surface area contributed by atoms with E-state index in [9.17, 15) is 0 Å². The fraction of sp³-hybridized carbons (Fsp3) is 0.400. The predicted octanol–water partition coefficient (Wildman–Crippen LogP) is 4.45. The molecule has 1 aliphatic heterocycles. The Bertz CT molecular complexity index is 602. The molecular formula is C15H16BrClN2. The molecule has 0 saturated carbocycles. The van der Waals surface area contributed by atoms with Crippen molar-refractivity contribution in [2.45, 2.75) is 18.7 Å². The van der Waals surface area contributed by atoms with Crippen molar-refractivity contribution in [2.75, 3.05) is 18.0 Å². The second kappa shape index (κ2) is 5.29. The normalized spacial score (nSPS) is 23.8. The lowest BCUT2D eigenvalue weighted by Gasteiger charge is -2.35. The third-order valence-electron chi connectivity index (χ3n) is 3.90. The number of piperidine rings is 1. The molecule has 2 heterocycles. The Morgan fingerprint density at radius 1 is 1.32 bits per heavy atom. The summed E-state index contributed by atoms with van der Waals surface area (Å²) < 4.78 is 1.11. The van der Waals surface area contributed by atoms with Crippen molar-refractivity contribution in [3.63, 3.8) is 0 Å². The molecule has 2 nitrogen and oxygen atoms in total. The van der Waals surface area contributed by atoms with Crippen LogP contribution in [0.4, 0.5) is 5.82 Å². The maximum atomic E-state index is 6.42. The van der Waals surface area contributed by atoms with Gasteiger partial charge in [0, 0.05) is 34.5 Å². The van der Waals surface area contributed by atoms with Crippen LogP contribution in [-0.4, -0.2) is 23.5 Å². The van der Waals surface area contributed by atoms with Gasteiger partial charge in [-0.3, -0.25) is 0 Å². The van der Waals surface area contributed by atoms with Gasteiger partial charge in [-0.1, -0.05) is 35.0 Å². The van der Waals surface area contributed by atoms with Gasteiger partial charge in [-0.2, -0.15) is 0 Å². The van der Waals surface area contributed by atoms with Crippen molar-refractivity contribution in [1.29, 1.82) is 0 Å². The van der Waals surface area contributed by atoms with Crippen molar-refractivity contribution < 1.29 is 0 Å². The Morgan fingerprint density at radius 3 is 2.95 bits per heavy atom. The molecule has 1 aromatic heterocycles. The standard InChI is InChI=1S/C15H16BrClN2/c1-10-6-8-19(9-14(10)17)15-12-3-2-4-13(16)11(12)5-7-18-15/h2-5,7,10,14H,6,8-9H2,1H3. The molecule has 1 fully saturated rings. The number of alkyl halides is 1. The summed E-state index contributed by atoms with van der Waals surface area (Å²) in [6.07, 6.45) is 3.00. The molecule has 1 aliphatic rings. The number of fused-ring (bicyclic) bond motifs is 1. The highest BCUT2D eigenvalue weighted by Crippen LogP contribution is 2.32. The van der Waals surface area contributed by atoms with Gasteiger partial charge >= 0.3 is 0 Å². The summed E-state index contributed by atoms with van der Waals surface area (Å²) in [6, 6.07) is 8.30. The molecule has 4 heteroatoms. The van der Waals surface area contributed by atoms with E-state index in [0.29, 0.717) is 5.92 Å². The molecule has 2 unspecified atom stereocenters. The number of hydrogen-bond donors (Lipinski definition) is 0. The van der Waals surface area contributed by atoms with Gasteiger partial charge in [0.15, 0.2) is 0 Å². The Kier molecular flexibility index (Phi) is 3.68. The molecule has 100 valence electrons. The average Bonchev–Trinajstić information content (AvgIpc) is 2.42. The lowest BCUT2D eigenvalue weighted by atomic mass is 9.98. The predicted molar refractivity (Wildman–Crippen MR) is 85.1 cm³/mol. The monoisotopic (exact) mass is 338 g/mol. The van der Waals surface area contributed by atoms with Crippen molar-refractivity contribution >= 4 is 44.1 Å². The Morgan fingerprint density at radius 2 is 2.16 bits per heavy atom. The van der Waals surface area contributed by atoms with Crippen LogP contribution in [0, 0.1) is 5.92 Å². The van der Waals surface area contributed by atoms with E-state index < -0.39 is 0 Å². The van der Waals surface area contributed by atoms with Crippen LogP contribution in [0.25, 0.3) is 10.8 Å². The quantitative estimate of drug-likeness (QED) is 0.714. The molecule has 0 amide bonds. The molecule has 2 atom stereocenters. The van der Waals surface area contributed by atoms with Crippen LogP contribution in [-0.2, 0) is 0 Å². The summed E-state index contributed by atoms with van der Waals surface area (Å²) in [5.74, 6) is 1.64. The summed E-state index contributed by atoms with van der Waals surface area (Å²) >= 11 is 10.0. The first-order chi connectivity index (χ1) is 9.16. The zero-order valence-corrected chi connectivity index (χ0v) is 13.2. The van der Waals surface area contributed by atoms with Gasteiger partial charge in [-0.15, -0.1) is 11.6 Å². The van der Waals surface area contributed by atoms with Gasteiger partial charge in [0.1, 0.15) is 5.82 Å². The minimum atomic E-state index is 0.206. The van der Waals surface area contributed by atoms with Crippen molar-refractivity contribution in [3.8, 4) is 0 Å². The smallest absolute Gasteiger partial charge is 0.136 e. The summed E-state index contributed by atoms with van der Waals surface area (Å²) in [5.41, 5.74) is 0. The fourth-order valence-electron chi connectivity index (χ4n) is 2.62. The number of anilines is 1. The highest BCUT2D eigenvalue weighted by Gasteiger charge is 2.26. The van der Waals surface area contributed by atoms with Gasteiger partial charge in [-0.05, 0) is 24.5 Å². The molecule has 2 aromatic rings. The molecule has 1 aromatic carbocycles. The number of pyridine rings is 1. The lowest BCUT2D eigenvalue weighted by Crippen LogP contribution is -2.40. The first-order valence-corrected chi connectivity index (χ1v) is 7.82. The number of nitrogens with zero attached hydrogens (tertiary/aromatic N) is 2. The van der Waals surface area contributed by atoms with E-state index in [2.05, 4.69) is 50.9 Å². The highest BCUT2D eigenvalue weighted by molar-refractivity contribution is 9.10. The molecular weight excluding hydrogens is 324 g/mol. The maximum Gasteiger partial charge on any atom is 0.136 e. The molecule has 0 radical (unpaired) electrons. The third kappa shape index (κ3) is 2.46. The molecule has 0 spiro atoms.